The molecule has 0 radical (unpaired) electrons. The van der Waals surface area contributed by atoms with Crippen molar-refractivity contribution in [3.05, 3.63) is 0 Å². The lowest BCUT2D eigenvalue weighted by Gasteiger charge is -2.35. The molecule has 17 heavy (non-hydrogen) atoms. The van der Waals surface area contributed by atoms with E-state index >= 15 is 0 Å². The Kier molecular flexibility index (Phi) is 8.38. The molecule has 2 heteroatoms. The van der Waals surface area contributed by atoms with Crippen LogP contribution in [0.2, 0.25) is 0 Å². The topological polar surface area (TPSA) is 12.0 Å². The van der Waals surface area contributed by atoms with Gasteiger partial charge in [0.05, 0.1) is 0 Å². The molecule has 3 unspecified atom stereocenters. The lowest BCUT2D eigenvalue weighted by atomic mass is 9.76. The van der Waals surface area contributed by atoms with Crippen molar-refractivity contribution in [1.82, 2.24) is 5.32 Å². The maximum atomic E-state index is 3.81. The van der Waals surface area contributed by atoms with Crippen LogP contribution >= 0.6 is 11.8 Å². The second-order valence-electron chi connectivity index (χ2n) is 5.54. The number of rotatable bonds is 8. The van der Waals surface area contributed by atoms with Gasteiger partial charge in [0.1, 0.15) is 0 Å². The fraction of sp³-hybridized carbons (Fsp3) is 1.00. The average Bonchev–Trinajstić information content (AvgIpc) is 2.39. The smallest absolute Gasteiger partial charge is 0.0103 e. The molecule has 3 atom stereocenters. The van der Waals surface area contributed by atoms with Gasteiger partial charge in [-0.25, -0.2) is 0 Å². The van der Waals surface area contributed by atoms with E-state index < -0.39 is 0 Å². The summed E-state index contributed by atoms with van der Waals surface area (Å²) in [7, 11) is 0. The van der Waals surface area contributed by atoms with Crippen LogP contribution < -0.4 is 5.32 Å². The molecule has 1 fully saturated rings. The quantitative estimate of drug-likeness (QED) is 0.695. The minimum Gasteiger partial charge on any atom is -0.314 e. The summed E-state index contributed by atoms with van der Waals surface area (Å²) in [5.41, 5.74) is 0. The molecule has 102 valence electrons. The number of thioether (sulfide) groups is 1. The first-order valence-electron chi connectivity index (χ1n) is 7.54. The van der Waals surface area contributed by atoms with Gasteiger partial charge in [-0.15, -0.1) is 0 Å². The van der Waals surface area contributed by atoms with Crippen LogP contribution in [0.1, 0.15) is 58.8 Å². The Morgan fingerprint density at radius 2 is 2.12 bits per heavy atom. The molecule has 0 bridgehead atoms. The first-order valence-corrected chi connectivity index (χ1v) is 8.93. The van der Waals surface area contributed by atoms with E-state index in [0.717, 1.165) is 17.9 Å². The second kappa shape index (κ2) is 9.27. The molecule has 1 rings (SSSR count). The third kappa shape index (κ3) is 5.65. The molecule has 0 aromatic rings. The van der Waals surface area contributed by atoms with Gasteiger partial charge >= 0.3 is 0 Å². The summed E-state index contributed by atoms with van der Waals surface area (Å²) in [5.74, 6) is 3.27. The highest BCUT2D eigenvalue weighted by Crippen LogP contribution is 2.34. The number of nitrogens with one attached hydrogen (secondary N) is 1. The van der Waals surface area contributed by atoms with E-state index in [9.17, 15) is 0 Å². The van der Waals surface area contributed by atoms with Gasteiger partial charge < -0.3 is 5.32 Å². The predicted molar refractivity (Wildman–Crippen MR) is 80.8 cm³/mol. The molecule has 0 aliphatic heterocycles. The molecule has 0 aromatic heterocycles. The summed E-state index contributed by atoms with van der Waals surface area (Å²) in [5, 5.41) is 3.81. The Balaban J connectivity index is 2.42. The Bertz CT molecular complexity index is 176. The molecule has 0 heterocycles. The lowest BCUT2D eigenvalue weighted by molar-refractivity contribution is 0.205. The van der Waals surface area contributed by atoms with Crippen molar-refractivity contribution in [2.45, 2.75) is 64.8 Å². The molecule has 1 N–H and O–H groups in total. The standard InChI is InChI=1S/C15H31NS/c1-4-10-16-15(9-11-17-3)14-8-6-7-13(5-2)12-14/h13-16H,4-12H2,1-3H3. The minimum absolute atomic E-state index is 0.789. The van der Waals surface area contributed by atoms with Crippen molar-refractivity contribution >= 4 is 11.8 Å². The Hall–Kier alpha value is 0.310. The summed E-state index contributed by atoms with van der Waals surface area (Å²) in [4.78, 5) is 0. The van der Waals surface area contributed by atoms with E-state index in [-0.39, 0.29) is 0 Å². The van der Waals surface area contributed by atoms with E-state index in [1.165, 1.54) is 57.2 Å². The monoisotopic (exact) mass is 257 g/mol. The Labute approximate surface area is 113 Å². The van der Waals surface area contributed by atoms with Crippen LogP contribution in [0, 0.1) is 11.8 Å². The number of hydrogen-bond acceptors (Lipinski definition) is 2. The first kappa shape index (κ1) is 15.4. The zero-order chi connectivity index (χ0) is 12.5. The largest absolute Gasteiger partial charge is 0.314 e. The van der Waals surface area contributed by atoms with Gasteiger partial charge in [0.2, 0.25) is 0 Å². The van der Waals surface area contributed by atoms with Gasteiger partial charge in [0.15, 0.2) is 0 Å². The minimum atomic E-state index is 0.789. The van der Waals surface area contributed by atoms with Crippen molar-refractivity contribution in [3.8, 4) is 0 Å². The van der Waals surface area contributed by atoms with Crippen molar-refractivity contribution in [2.75, 3.05) is 18.6 Å². The van der Waals surface area contributed by atoms with E-state index in [1.807, 2.05) is 11.8 Å². The highest BCUT2D eigenvalue weighted by molar-refractivity contribution is 7.98. The fourth-order valence-corrected chi connectivity index (χ4v) is 3.64. The predicted octanol–water partition coefficient (Wildman–Crippen LogP) is 4.32. The molecule has 0 amide bonds. The van der Waals surface area contributed by atoms with Crippen LogP contribution in [0.3, 0.4) is 0 Å². The third-order valence-electron chi connectivity index (χ3n) is 4.26. The van der Waals surface area contributed by atoms with Gasteiger partial charge in [-0.05, 0) is 56.1 Å². The van der Waals surface area contributed by atoms with E-state index in [1.54, 1.807) is 0 Å². The lowest BCUT2D eigenvalue weighted by Crippen LogP contribution is -2.39. The first-order chi connectivity index (χ1) is 8.31. The van der Waals surface area contributed by atoms with E-state index in [2.05, 4.69) is 25.4 Å². The number of hydrogen-bond donors (Lipinski definition) is 1. The molecular weight excluding hydrogens is 226 g/mol. The molecule has 1 aliphatic carbocycles. The van der Waals surface area contributed by atoms with Crippen LogP contribution in [0.25, 0.3) is 0 Å². The van der Waals surface area contributed by atoms with Crippen LogP contribution in [-0.2, 0) is 0 Å². The Morgan fingerprint density at radius 1 is 1.29 bits per heavy atom. The van der Waals surface area contributed by atoms with Crippen molar-refractivity contribution in [3.63, 3.8) is 0 Å². The normalized spacial score (nSPS) is 27.0. The maximum Gasteiger partial charge on any atom is 0.0103 e. The molecular formula is C15H31NS. The summed E-state index contributed by atoms with van der Waals surface area (Å²) >= 11 is 1.99. The molecule has 0 spiro atoms. The highest BCUT2D eigenvalue weighted by atomic mass is 32.2. The van der Waals surface area contributed by atoms with Gasteiger partial charge in [-0.1, -0.05) is 33.1 Å². The van der Waals surface area contributed by atoms with Crippen molar-refractivity contribution in [1.29, 1.82) is 0 Å². The highest BCUT2D eigenvalue weighted by Gasteiger charge is 2.26. The third-order valence-corrected chi connectivity index (χ3v) is 4.90. The van der Waals surface area contributed by atoms with Gasteiger partial charge in [0.25, 0.3) is 0 Å². The second-order valence-corrected chi connectivity index (χ2v) is 6.53. The maximum absolute atomic E-state index is 3.81. The van der Waals surface area contributed by atoms with Gasteiger partial charge in [-0.3, -0.25) is 0 Å². The van der Waals surface area contributed by atoms with Crippen LogP contribution in [0.5, 0.6) is 0 Å². The van der Waals surface area contributed by atoms with E-state index in [4.69, 9.17) is 0 Å². The molecule has 1 saturated carbocycles. The molecule has 1 nitrogen and oxygen atoms in total. The SMILES string of the molecule is CCCNC(CCSC)C1CCCC(CC)C1. The summed E-state index contributed by atoms with van der Waals surface area (Å²) in [6, 6.07) is 0.789. The van der Waals surface area contributed by atoms with Crippen LogP contribution in [-0.4, -0.2) is 24.6 Å². The average molecular weight is 257 g/mol. The van der Waals surface area contributed by atoms with Crippen LogP contribution in [0.4, 0.5) is 0 Å². The summed E-state index contributed by atoms with van der Waals surface area (Å²) in [6.45, 7) is 5.84. The molecule has 0 aromatic carbocycles. The van der Waals surface area contributed by atoms with Crippen molar-refractivity contribution < 1.29 is 0 Å². The fourth-order valence-electron chi connectivity index (χ4n) is 3.15. The van der Waals surface area contributed by atoms with Crippen LogP contribution in [0.15, 0.2) is 0 Å². The molecule has 1 aliphatic rings. The zero-order valence-electron chi connectivity index (χ0n) is 12.0. The Morgan fingerprint density at radius 3 is 2.76 bits per heavy atom. The van der Waals surface area contributed by atoms with E-state index in [0.29, 0.717) is 0 Å². The van der Waals surface area contributed by atoms with Crippen molar-refractivity contribution in [2.24, 2.45) is 11.8 Å². The summed E-state index contributed by atoms with van der Waals surface area (Å²) < 4.78 is 0. The van der Waals surface area contributed by atoms with Gasteiger partial charge in [-0.2, -0.15) is 11.8 Å². The summed E-state index contributed by atoms with van der Waals surface area (Å²) in [6.07, 6.45) is 12.1. The zero-order valence-corrected chi connectivity index (χ0v) is 12.8. The van der Waals surface area contributed by atoms with Gasteiger partial charge in [0, 0.05) is 6.04 Å². The molecule has 0 saturated heterocycles.